The van der Waals surface area contributed by atoms with Gasteiger partial charge in [-0.3, -0.25) is 5.32 Å². The molecule has 0 aliphatic heterocycles. The minimum absolute atomic E-state index is 0.104. The van der Waals surface area contributed by atoms with E-state index in [9.17, 15) is 0 Å². The molecule has 1 unspecified atom stereocenters. The maximum Gasteiger partial charge on any atom is 0.122 e. The van der Waals surface area contributed by atoms with Crippen LogP contribution in [-0.4, -0.2) is 20.3 Å². The molecule has 0 heterocycles. The van der Waals surface area contributed by atoms with Crippen LogP contribution in [0.5, 0.6) is 11.5 Å². The number of hydrogen-bond donors (Lipinski definition) is 1. The highest BCUT2D eigenvalue weighted by Gasteiger charge is 2.04. The van der Waals surface area contributed by atoms with Crippen molar-refractivity contribution in [3.8, 4) is 23.8 Å². The van der Waals surface area contributed by atoms with Crippen molar-refractivity contribution in [2.75, 3.05) is 14.2 Å². The van der Waals surface area contributed by atoms with Crippen LogP contribution in [0, 0.1) is 12.3 Å². The third kappa shape index (κ3) is 4.01. The predicted octanol–water partition coefficient (Wildman–Crippen LogP) is 2.21. The van der Waals surface area contributed by atoms with Gasteiger partial charge in [-0.1, -0.05) is 12.8 Å². The monoisotopic (exact) mass is 233 g/mol. The summed E-state index contributed by atoms with van der Waals surface area (Å²) < 4.78 is 10.4. The van der Waals surface area contributed by atoms with E-state index in [0.717, 1.165) is 23.5 Å². The summed E-state index contributed by atoms with van der Waals surface area (Å²) in [5.74, 6) is 4.28. The molecule has 0 bridgehead atoms. The average Bonchev–Trinajstić information content (AvgIpc) is 2.39. The Morgan fingerprint density at radius 2 is 1.82 bits per heavy atom. The van der Waals surface area contributed by atoms with Gasteiger partial charge in [0.05, 0.1) is 20.3 Å². The van der Waals surface area contributed by atoms with Gasteiger partial charge in [0, 0.05) is 12.6 Å². The van der Waals surface area contributed by atoms with Crippen LogP contribution < -0.4 is 14.8 Å². The molecule has 0 radical (unpaired) electrons. The minimum atomic E-state index is 0.104. The molecule has 0 aliphatic rings. The first-order valence-corrected chi connectivity index (χ1v) is 5.65. The molecule has 1 rings (SSSR count). The van der Waals surface area contributed by atoms with Crippen molar-refractivity contribution in [2.45, 2.75) is 25.9 Å². The number of benzene rings is 1. The molecule has 1 aromatic carbocycles. The zero-order valence-electron chi connectivity index (χ0n) is 10.6. The molecule has 1 aromatic rings. The maximum atomic E-state index is 5.40. The van der Waals surface area contributed by atoms with Crippen LogP contribution in [0.15, 0.2) is 18.2 Å². The molecule has 0 aromatic heterocycles. The second kappa shape index (κ2) is 6.82. The standard InChI is InChI=1S/C14H19NO2/c1-5-12(6-2)15-10-11-7-13(16-3)9-14(8-11)17-4/h1,7-9,12,15H,6,10H2,2-4H3. The van der Waals surface area contributed by atoms with E-state index in [-0.39, 0.29) is 6.04 Å². The number of nitrogens with one attached hydrogen (secondary N) is 1. The van der Waals surface area contributed by atoms with E-state index in [1.807, 2.05) is 18.2 Å². The summed E-state index contributed by atoms with van der Waals surface area (Å²) in [4.78, 5) is 0. The number of terminal acetylenes is 1. The van der Waals surface area contributed by atoms with Crippen LogP contribution in [0.1, 0.15) is 18.9 Å². The van der Waals surface area contributed by atoms with Crippen molar-refractivity contribution in [1.29, 1.82) is 0 Å². The van der Waals surface area contributed by atoms with E-state index >= 15 is 0 Å². The average molecular weight is 233 g/mol. The first kappa shape index (κ1) is 13.4. The Labute approximate surface area is 103 Å². The predicted molar refractivity (Wildman–Crippen MR) is 69.3 cm³/mol. The molecule has 0 aliphatic carbocycles. The van der Waals surface area contributed by atoms with E-state index in [4.69, 9.17) is 15.9 Å². The largest absolute Gasteiger partial charge is 0.497 e. The fourth-order valence-electron chi connectivity index (χ4n) is 1.53. The Hall–Kier alpha value is -1.66. The van der Waals surface area contributed by atoms with Gasteiger partial charge in [0.2, 0.25) is 0 Å². The number of rotatable bonds is 6. The molecule has 0 spiro atoms. The van der Waals surface area contributed by atoms with Crippen molar-refractivity contribution < 1.29 is 9.47 Å². The van der Waals surface area contributed by atoms with Crippen LogP contribution in [0.4, 0.5) is 0 Å². The third-order valence-corrected chi connectivity index (χ3v) is 2.57. The fraction of sp³-hybridized carbons (Fsp3) is 0.429. The van der Waals surface area contributed by atoms with Gasteiger partial charge in [0.25, 0.3) is 0 Å². The van der Waals surface area contributed by atoms with Crippen LogP contribution in [-0.2, 0) is 6.54 Å². The quantitative estimate of drug-likeness (QED) is 0.764. The second-order valence-electron chi connectivity index (χ2n) is 3.73. The first-order valence-electron chi connectivity index (χ1n) is 5.65. The summed E-state index contributed by atoms with van der Waals surface area (Å²) in [6.45, 7) is 2.76. The molecule has 1 N–H and O–H groups in total. The summed E-state index contributed by atoms with van der Waals surface area (Å²) in [6.07, 6.45) is 6.31. The molecule has 0 saturated carbocycles. The van der Waals surface area contributed by atoms with Gasteiger partial charge >= 0.3 is 0 Å². The zero-order chi connectivity index (χ0) is 12.7. The molecule has 0 saturated heterocycles. The first-order chi connectivity index (χ1) is 8.23. The van der Waals surface area contributed by atoms with Gasteiger partial charge in [-0.15, -0.1) is 6.42 Å². The molecule has 92 valence electrons. The Kier molecular flexibility index (Phi) is 5.38. The zero-order valence-corrected chi connectivity index (χ0v) is 10.6. The van der Waals surface area contributed by atoms with Crippen molar-refractivity contribution >= 4 is 0 Å². The van der Waals surface area contributed by atoms with E-state index in [1.165, 1.54) is 0 Å². The summed E-state index contributed by atoms with van der Waals surface area (Å²) in [5.41, 5.74) is 1.09. The molecule has 0 fully saturated rings. The smallest absolute Gasteiger partial charge is 0.122 e. The second-order valence-corrected chi connectivity index (χ2v) is 3.73. The van der Waals surface area contributed by atoms with Gasteiger partial charge in [0.1, 0.15) is 11.5 Å². The molecule has 1 atom stereocenters. The van der Waals surface area contributed by atoms with E-state index in [2.05, 4.69) is 18.2 Å². The molecule has 17 heavy (non-hydrogen) atoms. The lowest BCUT2D eigenvalue weighted by Crippen LogP contribution is -2.26. The van der Waals surface area contributed by atoms with Gasteiger partial charge in [-0.25, -0.2) is 0 Å². The molecule has 0 amide bonds. The number of methoxy groups -OCH3 is 2. The number of ether oxygens (including phenoxy) is 2. The fourth-order valence-corrected chi connectivity index (χ4v) is 1.53. The summed E-state index contributed by atoms with van der Waals surface area (Å²) in [6, 6.07) is 5.90. The third-order valence-electron chi connectivity index (χ3n) is 2.57. The molecular formula is C14H19NO2. The Morgan fingerprint density at radius 3 is 2.24 bits per heavy atom. The molecular weight excluding hydrogens is 214 g/mol. The molecule has 3 heteroatoms. The Balaban J connectivity index is 2.73. The van der Waals surface area contributed by atoms with Crippen molar-refractivity contribution in [3.05, 3.63) is 23.8 Å². The van der Waals surface area contributed by atoms with Gasteiger partial charge < -0.3 is 9.47 Å². The Bertz CT molecular complexity index is 373. The van der Waals surface area contributed by atoms with E-state index < -0.39 is 0 Å². The normalized spacial score (nSPS) is 11.6. The Morgan fingerprint density at radius 1 is 1.24 bits per heavy atom. The summed E-state index contributed by atoms with van der Waals surface area (Å²) >= 11 is 0. The van der Waals surface area contributed by atoms with Crippen LogP contribution >= 0.6 is 0 Å². The van der Waals surface area contributed by atoms with Crippen molar-refractivity contribution in [1.82, 2.24) is 5.32 Å². The highest BCUT2D eigenvalue weighted by molar-refractivity contribution is 5.38. The van der Waals surface area contributed by atoms with E-state index in [1.54, 1.807) is 14.2 Å². The maximum absolute atomic E-state index is 5.40. The van der Waals surface area contributed by atoms with Gasteiger partial charge in [0.15, 0.2) is 0 Å². The summed E-state index contributed by atoms with van der Waals surface area (Å²) in [7, 11) is 3.28. The van der Waals surface area contributed by atoms with Gasteiger partial charge in [-0.2, -0.15) is 0 Å². The number of hydrogen-bond acceptors (Lipinski definition) is 3. The van der Waals surface area contributed by atoms with Gasteiger partial charge in [-0.05, 0) is 24.1 Å². The lowest BCUT2D eigenvalue weighted by Gasteiger charge is -2.12. The van der Waals surface area contributed by atoms with Crippen molar-refractivity contribution in [2.24, 2.45) is 0 Å². The topological polar surface area (TPSA) is 30.5 Å². The highest BCUT2D eigenvalue weighted by Crippen LogP contribution is 2.22. The summed E-state index contributed by atoms with van der Waals surface area (Å²) in [5, 5.41) is 3.29. The SMILES string of the molecule is C#CC(CC)NCc1cc(OC)cc(OC)c1. The van der Waals surface area contributed by atoms with Crippen LogP contribution in [0.3, 0.4) is 0 Å². The van der Waals surface area contributed by atoms with Crippen LogP contribution in [0.25, 0.3) is 0 Å². The lowest BCUT2D eigenvalue weighted by molar-refractivity contribution is 0.393. The molecule has 3 nitrogen and oxygen atoms in total. The highest BCUT2D eigenvalue weighted by atomic mass is 16.5. The lowest BCUT2D eigenvalue weighted by atomic mass is 10.1. The van der Waals surface area contributed by atoms with Crippen LogP contribution in [0.2, 0.25) is 0 Å². The minimum Gasteiger partial charge on any atom is -0.497 e. The van der Waals surface area contributed by atoms with E-state index in [0.29, 0.717) is 6.54 Å². The van der Waals surface area contributed by atoms with Crippen molar-refractivity contribution in [3.63, 3.8) is 0 Å².